The second kappa shape index (κ2) is 3.49. The Morgan fingerprint density at radius 2 is 1.70 bits per heavy atom. The highest BCUT2D eigenvalue weighted by Gasteiger charge is 2.14. The molecule has 0 amide bonds. The van der Waals surface area contributed by atoms with Crippen LogP contribution in [0.2, 0.25) is 0 Å². The van der Waals surface area contributed by atoms with E-state index in [1.165, 1.54) is 5.70 Å². The maximum atomic E-state index is 3.14. The fraction of sp³-hybridized carbons (Fsp3) is 0.750. The molecule has 0 radical (unpaired) electrons. The summed E-state index contributed by atoms with van der Waals surface area (Å²) in [4.78, 5) is 0. The zero-order valence-corrected chi connectivity index (χ0v) is 7.58. The second-order valence-electron chi connectivity index (χ2n) is 3.35. The van der Waals surface area contributed by atoms with Gasteiger partial charge in [0.25, 0.3) is 0 Å². The van der Waals surface area contributed by atoms with Gasteiger partial charge in [0, 0.05) is 31.4 Å². The van der Waals surface area contributed by atoms with E-state index in [-0.39, 0.29) is 5.41 Å². The lowest BCUT2D eigenvalue weighted by atomic mass is 9.92. The summed E-state index contributed by atoms with van der Waals surface area (Å²) in [6, 6.07) is 0. The first-order valence-corrected chi connectivity index (χ1v) is 3.58. The van der Waals surface area contributed by atoms with Crippen molar-refractivity contribution in [3.05, 3.63) is 11.9 Å². The van der Waals surface area contributed by atoms with E-state index in [1.54, 1.807) is 0 Å². The Labute approximate surface area is 63.7 Å². The van der Waals surface area contributed by atoms with Crippen LogP contribution in [-0.2, 0) is 0 Å². The van der Waals surface area contributed by atoms with Crippen LogP contribution in [0.5, 0.6) is 0 Å². The zero-order valence-electron chi connectivity index (χ0n) is 7.58. The molecule has 0 atom stereocenters. The maximum Gasteiger partial charge on any atom is 0.0318 e. The van der Waals surface area contributed by atoms with Crippen LogP contribution in [0.3, 0.4) is 0 Å². The molecule has 0 rings (SSSR count). The average molecular weight is 142 g/mol. The third kappa shape index (κ3) is 2.76. The van der Waals surface area contributed by atoms with Gasteiger partial charge in [-0.2, -0.15) is 0 Å². The fourth-order valence-corrected chi connectivity index (χ4v) is 0.808. The van der Waals surface area contributed by atoms with Crippen LogP contribution < -0.4 is 10.6 Å². The molecule has 2 nitrogen and oxygen atoms in total. The van der Waals surface area contributed by atoms with E-state index in [0.717, 1.165) is 0 Å². The number of allylic oxidation sites excluding steroid dienone is 1. The third-order valence-electron chi connectivity index (χ3n) is 1.37. The fourth-order valence-electron chi connectivity index (χ4n) is 0.808. The molecule has 0 heterocycles. The van der Waals surface area contributed by atoms with Crippen LogP contribution in [0.4, 0.5) is 0 Å². The highest BCUT2D eigenvalue weighted by Crippen LogP contribution is 2.21. The SMILES string of the molecule is CN/C=C(\NC)C(C)(C)C. The summed E-state index contributed by atoms with van der Waals surface area (Å²) in [6.07, 6.45) is 1.99. The van der Waals surface area contributed by atoms with Crippen LogP contribution in [0.25, 0.3) is 0 Å². The van der Waals surface area contributed by atoms with Crippen molar-refractivity contribution in [1.82, 2.24) is 10.6 Å². The lowest BCUT2D eigenvalue weighted by Gasteiger charge is -2.22. The molecule has 0 aliphatic heterocycles. The van der Waals surface area contributed by atoms with Gasteiger partial charge in [-0.1, -0.05) is 20.8 Å². The quantitative estimate of drug-likeness (QED) is 0.607. The number of nitrogens with one attached hydrogen (secondary N) is 2. The molecular formula is C8H18N2. The molecule has 2 N–H and O–H groups in total. The van der Waals surface area contributed by atoms with E-state index < -0.39 is 0 Å². The number of hydrogen-bond acceptors (Lipinski definition) is 2. The molecule has 0 aliphatic rings. The molecular weight excluding hydrogens is 124 g/mol. The molecule has 0 aromatic heterocycles. The molecule has 0 aromatic rings. The van der Waals surface area contributed by atoms with Crippen LogP contribution in [0.15, 0.2) is 11.9 Å². The van der Waals surface area contributed by atoms with E-state index in [9.17, 15) is 0 Å². The highest BCUT2D eigenvalue weighted by molar-refractivity contribution is 5.06. The van der Waals surface area contributed by atoms with Gasteiger partial charge in [0.05, 0.1) is 0 Å². The van der Waals surface area contributed by atoms with Gasteiger partial charge >= 0.3 is 0 Å². The van der Waals surface area contributed by atoms with Crippen molar-refractivity contribution < 1.29 is 0 Å². The minimum Gasteiger partial charge on any atom is -0.393 e. The molecule has 0 aliphatic carbocycles. The van der Waals surface area contributed by atoms with Crippen molar-refractivity contribution in [1.29, 1.82) is 0 Å². The van der Waals surface area contributed by atoms with E-state index in [2.05, 4.69) is 31.4 Å². The maximum absolute atomic E-state index is 3.14. The summed E-state index contributed by atoms with van der Waals surface area (Å²) in [6.45, 7) is 6.52. The topological polar surface area (TPSA) is 24.1 Å². The Morgan fingerprint density at radius 1 is 1.20 bits per heavy atom. The summed E-state index contributed by atoms with van der Waals surface area (Å²) >= 11 is 0. The van der Waals surface area contributed by atoms with E-state index >= 15 is 0 Å². The molecule has 0 saturated heterocycles. The van der Waals surface area contributed by atoms with Crippen molar-refractivity contribution in [2.24, 2.45) is 5.41 Å². The van der Waals surface area contributed by atoms with Crippen molar-refractivity contribution in [2.45, 2.75) is 20.8 Å². The molecule has 2 heteroatoms. The van der Waals surface area contributed by atoms with Crippen LogP contribution >= 0.6 is 0 Å². The van der Waals surface area contributed by atoms with E-state index in [0.29, 0.717) is 0 Å². The lowest BCUT2D eigenvalue weighted by Crippen LogP contribution is -2.22. The van der Waals surface area contributed by atoms with E-state index in [1.807, 2.05) is 20.3 Å². The predicted molar refractivity (Wildman–Crippen MR) is 45.7 cm³/mol. The molecule has 0 unspecified atom stereocenters. The summed E-state index contributed by atoms with van der Waals surface area (Å²) in [5, 5.41) is 6.14. The number of hydrogen-bond donors (Lipinski definition) is 2. The predicted octanol–water partition coefficient (Wildman–Crippen LogP) is 1.31. The Kier molecular flexibility index (Phi) is 3.26. The lowest BCUT2D eigenvalue weighted by molar-refractivity contribution is 0.469. The van der Waals surface area contributed by atoms with Gasteiger partial charge in [0.2, 0.25) is 0 Å². The second-order valence-corrected chi connectivity index (χ2v) is 3.35. The molecule has 0 saturated carbocycles. The van der Waals surface area contributed by atoms with Gasteiger partial charge in [-0.05, 0) is 0 Å². The van der Waals surface area contributed by atoms with Gasteiger partial charge < -0.3 is 10.6 Å². The molecule has 0 aromatic carbocycles. The number of rotatable bonds is 2. The molecule has 60 valence electrons. The summed E-state index contributed by atoms with van der Waals surface area (Å²) in [5.41, 5.74) is 1.42. The van der Waals surface area contributed by atoms with Crippen LogP contribution in [-0.4, -0.2) is 14.1 Å². The zero-order chi connectivity index (χ0) is 8.20. The largest absolute Gasteiger partial charge is 0.393 e. The van der Waals surface area contributed by atoms with Gasteiger partial charge in [0.15, 0.2) is 0 Å². The van der Waals surface area contributed by atoms with E-state index in [4.69, 9.17) is 0 Å². The van der Waals surface area contributed by atoms with Crippen LogP contribution in [0.1, 0.15) is 20.8 Å². The van der Waals surface area contributed by atoms with Gasteiger partial charge in [0.1, 0.15) is 0 Å². The van der Waals surface area contributed by atoms with Crippen molar-refractivity contribution in [3.8, 4) is 0 Å². The molecule has 10 heavy (non-hydrogen) atoms. The standard InChI is InChI=1S/C8H18N2/c1-8(2,3)7(10-5)6-9-4/h6,9-10H,1-5H3/b7-6-. The van der Waals surface area contributed by atoms with Gasteiger partial charge in [-0.15, -0.1) is 0 Å². The normalized spacial score (nSPS) is 13.1. The third-order valence-corrected chi connectivity index (χ3v) is 1.37. The Bertz CT molecular complexity index is 120. The average Bonchev–Trinajstić information content (AvgIpc) is 1.80. The minimum atomic E-state index is 0.206. The smallest absolute Gasteiger partial charge is 0.0318 e. The van der Waals surface area contributed by atoms with Crippen molar-refractivity contribution in [3.63, 3.8) is 0 Å². The molecule has 0 spiro atoms. The summed E-state index contributed by atoms with van der Waals surface area (Å²) < 4.78 is 0. The monoisotopic (exact) mass is 142 g/mol. The van der Waals surface area contributed by atoms with Crippen molar-refractivity contribution >= 4 is 0 Å². The summed E-state index contributed by atoms with van der Waals surface area (Å²) in [5.74, 6) is 0. The Hall–Kier alpha value is -0.660. The summed E-state index contributed by atoms with van der Waals surface area (Å²) in [7, 11) is 3.84. The van der Waals surface area contributed by atoms with Crippen molar-refractivity contribution in [2.75, 3.05) is 14.1 Å². The minimum absolute atomic E-state index is 0.206. The Morgan fingerprint density at radius 3 is 1.80 bits per heavy atom. The van der Waals surface area contributed by atoms with Crippen LogP contribution in [0, 0.1) is 5.41 Å². The first-order chi connectivity index (χ1) is 4.52. The molecule has 0 fully saturated rings. The van der Waals surface area contributed by atoms with Gasteiger partial charge in [-0.25, -0.2) is 0 Å². The first kappa shape index (κ1) is 9.34. The Balaban J connectivity index is 4.21. The molecule has 0 bridgehead atoms. The van der Waals surface area contributed by atoms with Gasteiger partial charge in [-0.3, -0.25) is 0 Å². The highest BCUT2D eigenvalue weighted by atomic mass is 14.9. The first-order valence-electron chi connectivity index (χ1n) is 3.58.